The highest BCUT2D eigenvalue weighted by atomic mass is 32.2. The first-order valence-electron chi connectivity index (χ1n) is 7.66. The molecule has 1 aromatic rings. The molecule has 2 fully saturated rings. The number of rotatable bonds is 3. The van der Waals surface area contributed by atoms with Crippen LogP contribution in [0.25, 0.3) is 0 Å². The first-order valence-corrected chi connectivity index (χ1v) is 8.54. The lowest BCUT2D eigenvalue weighted by Crippen LogP contribution is -2.19. The van der Waals surface area contributed by atoms with Gasteiger partial charge in [0.15, 0.2) is 0 Å². The van der Waals surface area contributed by atoms with Crippen molar-refractivity contribution in [2.75, 3.05) is 13.6 Å². The molecule has 0 aromatic carbocycles. The van der Waals surface area contributed by atoms with Crippen LogP contribution in [0.5, 0.6) is 0 Å². The number of hydrogen-bond acceptors (Lipinski definition) is 3. The third kappa shape index (κ3) is 3.14. The van der Waals surface area contributed by atoms with Crippen LogP contribution in [0.1, 0.15) is 56.6 Å². The van der Waals surface area contributed by atoms with Gasteiger partial charge in [-0.2, -0.15) is 0 Å². The number of hydrogen-bond donors (Lipinski definition) is 0. The Morgan fingerprint density at radius 1 is 1.16 bits per heavy atom. The summed E-state index contributed by atoms with van der Waals surface area (Å²) < 4.78 is 0. The third-order valence-corrected chi connectivity index (χ3v) is 5.88. The van der Waals surface area contributed by atoms with Crippen LogP contribution in [-0.4, -0.2) is 28.7 Å². The first kappa shape index (κ1) is 13.4. The molecule has 104 valence electrons. The minimum atomic E-state index is 0.597. The van der Waals surface area contributed by atoms with E-state index in [1.54, 1.807) is 0 Å². The van der Waals surface area contributed by atoms with Gasteiger partial charge >= 0.3 is 0 Å². The molecule has 1 saturated carbocycles. The summed E-state index contributed by atoms with van der Waals surface area (Å²) >= 11 is 2.04. The molecule has 2 aliphatic rings. The summed E-state index contributed by atoms with van der Waals surface area (Å²) in [5.41, 5.74) is 1.47. The number of pyridine rings is 1. The van der Waals surface area contributed by atoms with Crippen LogP contribution >= 0.6 is 11.8 Å². The summed E-state index contributed by atoms with van der Waals surface area (Å²) in [5.74, 6) is 0. The Bertz CT molecular complexity index is 415. The average Bonchev–Trinajstić information content (AvgIpc) is 2.87. The molecule has 0 radical (unpaired) electrons. The predicted octanol–water partition coefficient (Wildman–Crippen LogP) is 4.27. The molecule has 0 bridgehead atoms. The van der Waals surface area contributed by atoms with E-state index < -0.39 is 0 Å². The SMILES string of the molecule is CN1CCCC1c1cccnc1SC1CCCCC1. The summed E-state index contributed by atoms with van der Waals surface area (Å²) in [4.78, 5) is 7.18. The molecular formula is C16H24N2S. The van der Waals surface area contributed by atoms with Gasteiger partial charge in [0.1, 0.15) is 5.03 Å². The maximum Gasteiger partial charge on any atom is 0.101 e. The highest BCUT2D eigenvalue weighted by molar-refractivity contribution is 7.99. The van der Waals surface area contributed by atoms with Crippen LogP contribution in [0.3, 0.4) is 0 Å². The normalized spacial score (nSPS) is 25.8. The van der Waals surface area contributed by atoms with E-state index in [4.69, 9.17) is 0 Å². The monoisotopic (exact) mass is 276 g/mol. The second-order valence-corrected chi connectivity index (χ2v) is 7.20. The van der Waals surface area contributed by atoms with Crippen LogP contribution in [0, 0.1) is 0 Å². The molecular weight excluding hydrogens is 252 g/mol. The summed E-state index contributed by atoms with van der Waals surface area (Å²) in [6.45, 7) is 1.23. The Balaban J connectivity index is 1.76. The third-order valence-electron chi connectivity index (χ3n) is 4.51. The predicted molar refractivity (Wildman–Crippen MR) is 81.6 cm³/mol. The minimum Gasteiger partial charge on any atom is -0.299 e. The number of likely N-dealkylation sites (tertiary alicyclic amines) is 1. The molecule has 3 heteroatoms. The molecule has 0 N–H and O–H groups in total. The number of nitrogens with zero attached hydrogens (tertiary/aromatic N) is 2. The quantitative estimate of drug-likeness (QED) is 0.820. The molecule has 1 unspecified atom stereocenters. The van der Waals surface area contributed by atoms with Crippen LogP contribution in [0.4, 0.5) is 0 Å². The molecule has 3 rings (SSSR count). The van der Waals surface area contributed by atoms with Crippen LogP contribution in [0.2, 0.25) is 0 Å². The van der Waals surface area contributed by atoms with Gasteiger partial charge in [-0.05, 0) is 45.3 Å². The molecule has 0 spiro atoms. The second kappa shape index (κ2) is 6.27. The van der Waals surface area contributed by atoms with Gasteiger partial charge in [0.05, 0.1) is 0 Å². The van der Waals surface area contributed by atoms with Crippen molar-refractivity contribution in [2.45, 2.75) is 61.3 Å². The standard InChI is InChI=1S/C16H24N2S/c1-18-12-6-10-15(18)14-9-5-11-17-16(14)19-13-7-3-2-4-8-13/h5,9,11,13,15H,2-4,6-8,10,12H2,1H3. The van der Waals surface area contributed by atoms with E-state index in [-0.39, 0.29) is 0 Å². The molecule has 0 amide bonds. The Labute approximate surface area is 121 Å². The number of aromatic nitrogens is 1. The van der Waals surface area contributed by atoms with Gasteiger partial charge in [-0.3, -0.25) is 4.90 Å². The zero-order chi connectivity index (χ0) is 13.1. The Morgan fingerprint density at radius 3 is 2.74 bits per heavy atom. The highest BCUT2D eigenvalue weighted by Crippen LogP contribution is 2.39. The van der Waals surface area contributed by atoms with Gasteiger partial charge in [-0.15, -0.1) is 11.8 Å². The summed E-state index contributed by atoms with van der Waals surface area (Å²) in [5, 5.41) is 2.10. The molecule has 1 saturated heterocycles. The van der Waals surface area contributed by atoms with Crippen molar-refractivity contribution < 1.29 is 0 Å². The fraction of sp³-hybridized carbons (Fsp3) is 0.688. The van der Waals surface area contributed by atoms with Gasteiger partial charge in [0.25, 0.3) is 0 Å². The van der Waals surface area contributed by atoms with Crippen molar-refractivity contribution in [3.05, 3.63) is 23.9 Å². The maximum atomic E-state index is 4.69. The van der Waals surface area contributed by atoms with Crippen molar-refractivity contribution >= 4 is 11.8 Å². The van der Waals surface area contributed by atoms with E-state index in [1.165, 1.54) is 62.1 Å². The van der Waals surface area contributed by atoms with Crippen molar-refractivity contribution in [3.8, 4) is 0 Å². The second-order valence-electron chi connectivity index (χ2n) is 5.91. The maximum absolute atomic E-state index is 4.69. The fourth-order valence-corrected chi connectivity index (χ4v) is 4.75. The van der Waals surface area contributed by atoms with Crippen molar-refractivity contribution in [3.63, 3.8) is 0 Å². The first-order chi connectivity index (χ1) is 9.34. The molecule has 1 aliphatic heterocycles. The van der Waals surface area contributed by atoms with Crippen LogP contribution in [0.15, 0.2) is 23.4 Å². The summed E-state index contributed by atoms with van der Waals surface area (Å²) in [6.07, 6.45) is 11.6. The highest BCUT2D eigenvalue weighted by Gasteiger charge is 2.26. The van der Waals surface area contributed by atoms with E-state index in [1.807, 2.05) is 18.0 Å². The summed E-state index contributed by atoms with van der Waals surface area (Å²) in [6, 6.07) is 5.00. The minimum absolute atomic E-state index is 0.597. The van der Waals surface area contributed by atoms with Crippen LogP contribution < -0.4 is 0 Å². The molecule has 1 atom stereocenters. The Hall–Kier alpha value is -0.540. The van der Waals surface area contributed by atoms with Gasteiger partial charge in [-0.1, -0.05) is 25.3 Å². The fourth-order valence-electron chi connectivity index (χ4n) is 3.40. The van der Waals surface area contributed by atoms with E-state index in [0.717, 1.165) is 5.25 Å². The molecule has 19 heavy (non-hydrogen) atoms. The lowest BCUT2D eigenvalue weighted by molar-refractivity contribution is 0.313. The van der Waals surface area contributed by atoms with Crippen LogP contribution in [-0.2, 0) is 0 Å². The van der Waals surface area contributed by atoms with Gasteiger partial charge in [0, 0.05) is 23.1 Å². The average molecular weight is 276 g/mol. The summed E-state index contributed by atoms with van der Waals surface area (Å²) in [7, 11) is 2.25. The zero-order valence-corrected chi connectivity index (χ0v) is 12.7. The lowest BCUT2D eigenvalue weighted by atomic mass is 10.0. The Kier molecular flexibility index (Phi) is 4.44. The topological polar surface area (TPSA) is 16.1 Å². The molecule has 1 aromatic heterocycles. The van der Waals surface area contributed by atoms with Crippen molar-refractivity contribution in [2.24, 2.45) is 0 Å². The number of thioether (sulfide) groups is 1. The van der Waals surface area contributed by atoms with E-state index in [9.17, 15) is 0 Å². The molecule has 2 heterocycles. The van der Waals surface area contributed by atoms with Gasteiger partial charge < -0.3 is 0 Å². The van der Waals surface area contributed by atoms with Gasteiger partial charge in [-0.25, -0.2) is 4.98 Å². The molecule has 2 nitrogen and oxygen atoms in total. The smallest absolute Gasteiger partial charge is 0.101 e. The molecule has 1 aliphatic carbocycles. The van der Waals surface area contributed by atoms with E-state index in [2.05, 4.69) is 29.1 Å². The van der Waals surface area contributed by atoms with E-state index in [0.29, 0.717) is 6.04 Å². The largest absolute Gasteiger partial charge is 0.299 e. The Morgan fingerprint density at radius 2 is 2.00 bits per heavy atom. The van der Waals surface area contributed by atoms with Gasteiger partial charge in [0.2, 0.25) is 0 Å². The van der Waals surface area contributed by atoms with Crippen molar-refractivity contribution in [1.29, 1.82) is 0 Å². The zero-order valence-electron chi connectivity index (χ0n) is 11.8. The van der Waals surface area contributed by atoms with Crippen molar-refractivity contribution in [1.82, 2.24) is 9.88 Å². The van der Waals surface area contributed by atoms with E-state index >= 15 is 0 Å². The lowest BCUT2D eigenvalue weighted by Gasteiger charge is -2.25.